The van der Waals surface area contributed by atoms with Gasteiger partial charge in [0.15, 0.2) is 0 Å². The highest BCUT2D eigenvalue weighted by Crippen LogP contribution is 1.89. The molecule has 19 heavy (non-hydrogen) atoms. The summed E-state index contributed by atoms with van der Waals surface area (Å²) in [6.45, 7) is 6.46. The quantitative estimate of drug-likeness (QED) is 0.401. The minimum Gasteiger partial charge on any atom is -0.385 e. The van der Waals surface area contributed by atoms with Gasteiger partial charge in [-0.1, -0.05) is 0 Å². The summed E-state index contributed by atoms with van der Waals surface area (Å²) in [5.41, 5.74) is 0. The Labute approximate surface area is 117 Å². The Hall–Kier alpha value is -0.200. The summed E-state index contributed by atoms with van der Waals surface area (Å²) in [5.74, 6) is 0. The van der Waals surface area contributed by atoms with Crippen molar-refractivity contribution in [1.29, 1.82) is 0 Å². The fraction of sp³-hybridized carbons (Fsp3) is 1.00. The van der Waals surface area contributed by atoms with E-state index in [9.17, 15) is 0 Å². The van der Waals surface area contributed by atoms with Gasteiger partial charge in [-0.05, 0) is 25.7 Å². The zero-order valence-corrected chi connectivity index (χ0v) is 12.6. The molecule has 0 amide bonds. The zero-order valence-electron chi connectivity index (χ0n) is 12.6. The summed E-state index contributed by atoms with van der Waals surface area (Å²) in [6, 6.07) is 0. The average molecular weight is 276 g/mol. The molecule has 0 spiro atoms. The number of ether oxygens (including phenoxy) is 4. The smallest absolute Gasteiger partial charge is 0.0487 e. The van der Waals surface area contributed by atoms with Gasteiger partial charge in [0.2, 0.25) is 0 Å². The molecule has 0 aromatic carbocycles. The highest BCUT2D eigenvalue weighted by Gasteiger charge is 1.93. The lowest BCUT2D eigenvalue weighted by Crippen LogP contribution is -2.13. The Morgan fingerprint density at radius 3 is 1.42 bits per heavy atom. The second-order valence-corrected chi connectivity index (χ2v) is 4.30. The van der Waals surface area contributed by atoms with Crippen LogP contribution in [0.5, 0.6) is 0 Å². The van der Waals surface area contributed by atoms with Crippen LogP contribution in [-0.2, 0) is 18.9 Å². The Kier molecular flexibility index (Phi) is 17.6. The maximum atomic E-state index is 5.44. The highest BCUT2D eigenvalue weighted by molar-refractivity contribution is 4.47. The molecule has 0 heterocycles. The molecule has 5 nitrogen and oxygen atoms in total. The van der Waals surface area contributed by atoms with Crippen LogP contribution in [0.1, 0.15) is 25.7 Å². The van der Waals surface area contributed by atoms with Gasteiger partial charge >= 0.3 is 0 Å². The molecule has 0 aromatic rings. The first-order chi connectivity index (χ1) is 9.41. The maximum Gasteiger partial charge on any atom is 0.0487 e. The summed E-state index contributed by atoms with van der Waals surface area (Å²) in [4.78, 5) is 0. The van der Waals surface area contributed by atoms with Crippen LogP contribution in [0.2, 0.25) is 0 Å². The molecule has 115 valence electrons. The van der Waals surface area contributed by atoms with Crippen LogP contribution in [0.25, 0.3) is 0 Å². The van der Waals surface area contributed by atoms with Crippen molar-refractivity contribution in [3.8, 4) is 0 Å². The molecule has 0 bridgehead atoms. The van der Waals surface area contributed by atoms with Gasteiger partial charge in [-0.2, -0.15) is 0 Å². The van der Waals surface area contributed by atoms with Crippen LogP contribution in [0.3, 0.4) is 0 Å². The standard InChI is InChI=1S/C14H30NO4/c1-16-9-5-13-18-11-3-7-15-8-4-12-19-14-6-10-17-2/h3-14H2,1-2H3. The number of rotatable bonds is 16. The van der Waals surface area contributed by atoms with Crippen molar-refractivity contribution in [2.45, 2.75) is 25.7 Å². The van der Waals surface area contributed by atoms with Crippen LogP contribution in [0, 0.1) is 0 Å². The molecule has 1 radical (unpaired) electrons. The van der Waals surface area contributed by atoms with E-state index in [1.165, 1.54) is 0 Å². The predicted molar refractivity (Wildman–Crippen MR) is 75.7 cm³/mol. The molecular formula is C14H30NO4. The van der Waals surface area contributed by atoms with Gasteiger partial charge in [0, 0.05) is 67.0 Å². The van der Waals surface area contributed by atoms with E-state index in [2.05, 4.69) is 5.32 Å². The average Bonchev–Trinajstić information content (AvgIpc) is 2.43. The van der Waals surface area contributed by atoms with Gasteiger partial charge < -0.3 is 18.9 Å². The van der Waals surface area contributed by atoms with E-state index in [4.69, 9.17) is 18.9 Å². The molecule has 0 saturated carbocycles. The van der Waals surface area contributed by atoms with Crippen LogP contribution in [0.4, 0.5) is 0 Å². The molecule has 0 N–H and O–H groups in total. The third-order valence-corrected chi connectivity index (χ3v) is 2.48. The van der Waals surface area contributed by atoms with Crippen LogP contribution >= 0.6 is 0 Å². The topological polar surface area (TPSA) is 51.0 Å². The van der Waals surface area contributed by atoms with E-state index in [0.29, 0.717) is 0 Å². The van der Waals surface area contributed by atoms with Crippen molar-refractivity contribution in [3.63, 3.8) is 0 Å². The third-order valence-electron chi connectivity index (χ3n) is 2.48. The van der Waals surface area contributed by atoms with Crippen molar-refractivity contribution in [3.05, 3.63) is 0 Å². The van der Waals surface area contributed by atoms with Crippen LogP contribution in [-0.4, -0.2) is 67.0 Å². The lowest BCUT2D eigenvalue weighted by atomic mass is 10.4. The molecule has 0 aromatic heterocycles. The maximum absolute atomic E-state index is 5.44. The Balaban J connectivity index is 2.88. The summed E-state index contributed by atoms with van der Waals surface area (Å²) in [6.07, 6.45) is 3.94. The van der Waals surface area contributed by atoms with Crippen LogP contribution < -0.4 is 5.32 Å². The predicted octanol–water partition coefficient (Wildman–Crippen LogP) is 1.48. The molecule has 0 aliphatic carbocycles. The van der Waals surface area contributed by atoms with Crippen molar-refractivity contribution < 1.29 is 18.9 Å². The number of hydrogen-bond donors (Lipinski definition) is 0. The summed E-state index contributed by atoms with van der Waals surface area (Å²) < 4.78 is 20.8. The second-order valence-electron chi connectivity index (χ2n) is 4.30. The minimum absolute atomic E-state index is 0.773. The first-order valence-electron chi connectivity index (χ1n) is 7.18. The number of hydrogen-bond acceptors (Lipinski definition) is 4. The van der Waals surface area contributed by atoms with Gasteiger partial charge in [-0.15, -0.1) is 0 Å². The zero-order chi connectivity index (χ0) is 14.0. The first-order valence-corrected chi connectivity index (χ1v) is 7.18. The number of methoxy groups -OCH3 is 2. The molecule has 0 rings (SSSR count). The Bertz CT molecular complexity index is 142. The number of nitrogens with zero attached hydrogens (tertiary/aromatic N) is 1. The van der Waals surface area contributed by atoms with Gasteiger partial charge in [0.1, 0.15) is 0 Å². The molecule has 0 fully saturated rings. The molecule has 5 heteroatoms. The van der Waals surface area contributed by atoms with E-state index < -0.39 is 0 Å². The fourth-order valence-electron chi connectivity index (χ4n) is 1.48. The Morgan fingerprint density at radius 1 is 0.579 bits per heavy atom. The largest absolute Gasteiger partial charge is 0.385 e. The van der Waals surface area contributed by atoms with Crippen molar-refractivity contribution in [2.24, 2.45) is 0 Å². The fourth-order valence-corrected chi connectivity index (χ4v) is 1.48. The van der Waals surface area contributed by atoms with Crippen molar-refractivity contribution >= 4 is 0 Å². The molecule has 0 aliphatic rings. The van der Waals surface area contributed by atoms with E-state index in [0.717, 1.165) is 78.4 Å². The third kappa shape index (κ3) is 17.8. The summed E-state index contributed by atoms with van der Waals surface area (Å²) in [7, 11) is 3.42. The summed E-state index contributed by atoms with van der Waals surface area (Å²) in [5, 5.41) is 4.43. The van der Waals surface area contributed by atoms with Crippen LogP contribution in [0.15, 0.2) is 0 Å². The molecule has 0 aliphatic heterocycles. The lowest BCUT2D eigenvalue weighted by Gasteiger charge is -2.05. The summed E-state index contributed by atoms with van der Waals surface area (Å²) >= 11 is 0. The van der Waals surface area contributed by atoms with E-state index in [1.807, 2.05) is 0 Å². The lowest BCUT2D eigenvalue weighted by molar-refractivity contribution is 0.0983. The molecule has 0 saturated heterocycles. The monoisotopic (exact) mass is 276 g/mol. The molecule has 0 atom stereocenters. The van der Waals surface area contributed by atoms with Crippen molar-refractivity contribution in [1.82, 2.24) is 5.32 Å². The van der Waals surface area contributed by atoms with E-state index in [1.54, 1.807) is 14.2 Å². The Morgan fingerprint density at radius 2 is 1.00 bits per heavy atom. The van der Waals surface area contributed by atoms with Gasteiger partial charge in [0.05, 0.1) is 0 Å². The molecule has 0 unspecified atom stereocenters. The van der Waals surface area contributed by atoms with Gasteiger partial charge in [0.25, 0.3) is 0 Å². The first kappa shape index (κ1) is 18.8. The SMILES string of the molecule is COCCCOCCC[N]CCCOCCCOC. The van der Waals surface area contributed by atoms with Gasteiger partial charge in [-0.25, -0.2) is 5.32 Å². The minimum atomic E-state index is 0.773. The van der Waals surface area contributed by atoms with E-state index in [-0.39, 0.29) is 0 Å². The van der Waals surface area contributed by atoms with E-state index >= 15 is 0 Å². The van der Waals surface area contributed by atoms with Gasteiger partial charge in [-0.3, -0.25) is 0 Å². The van der Waals surface area contributed by atoms with Crippen molar-refractivity contribution in [2.75, 3.05) is 67.0 Å². The molecular weight excluding hydrogens is 246 g/mol. The highest BCUT2D eigenvalue weighted by atomic mass is 16.5. The normalized spacial score (nSPS) is 11.1. The second kappa shape index (κ2) is 17.8.